The second-order valence-corrected chi connectivity index (χ2v) is 5.41. The number of aryl methyl sites for hydroxylation is 1. The molecule has 0 spiro atoms. The van der Waals surface area contributed by atoms with Crippen molar-refractivity contribution in [3.63, 3.8) is 0 Å². The number of carbonyl (C=O) groups excluding carboxylic acids is 1. The van der Waals surface area contributed by atoms with Crippen LogP contribution in [0.4, 0.5) is 0 Å². The first-order chi connectivity index (χ1) is 10.5. The van der Waals surface area contributed by atoms with Crippen LogP contribution in [-0.4, -0.2) is 27.3 Å². The highest BCUT2D eigenvalue weighted by Crippen LogP contribution is 2.21. The van der Waals surface area contributed by atoms with Gasteiger partial charge in [0.1, 0.15) is 5.75 Å². The minimum absolute atomic E-state index is 0.0768. The van der Waals surface area contributed by atoms with Crippen LogP contribution in [0.3, 0.4) is 0 Å². The number of hydrogen-bond donors (Lipinski definition) is 3. The number of aromatic nitrogens is 1. The summed E-state index contributed by atoms with van der Waals surface area (Å²) in [4.78, 5) is 15.9. The minimum atomic E-state index is -0.381. The molecule has 114 valence electrons. The van der Waals surface area contributed by atoms with Crippen LogP contribution in [0, 0.1) is 6.92 Å². The van der Waals surface area contributed by atoms with Crippen molar-refractivity contribution in [2.24, 2.45) is 5.10 Å². The number of hydrogen-bond acceptors (Lipinski definition) is 5. The lowest BCUT2D eigenvalue weighted by Gasteiger charge is -2.07. The fraction of sp³-hybridized carbons (Fsp3) is 0.133. The molecular formula is C15H14BrN3O3. The highest BCUT2D eigenvalue weighted by atomic mass is 79.9. The van der Waals surface area contributed by atoms with Gasteiger partial charge in [0.05, 0.1) is 18.5 Å². The van der Waals surface area contributed by atoms with Crippen molar-refractivity contribution in [1.29, 1.82) is 0 Å². The van der Waals surface area contributed by atoms with Crippen LogP contribution < -0.4 is 5.43 Å². The predicted molar refractivity (Wildman–Crippen MR) is 85.8 cm³/mol. The number of halogens is 1. The van der Waals surface area contributed by atoms with Gasteiger partial charge in [-0.1, -0.05) is 22.0 Å². The van der Waals surface area contributed by atoms with Crippen molar-refractivity contribution in [2.45, 2.75) is 13.5 Å². The summed E-state index contributed by atoms with van der Waals surface area (Å²) in [5, 5.41) is 23.0. The van der Waals surface area contributed by atoms with Crippen LogP contribution in [0.25, 0.3) is 0 Å². The largest absolute Gasteiger partial charge is 0.505 e. The Morgan fingerprint density at radius 3 is 2.95 bits per heavy atom. The molecule has 1 heterocycles. The Balaban J connectivity index is 2.16. The molecule has 0 aliphatic rings. The Bertz CT molecular complexity index is 732. The summed E-state index contributed by atoms with van der Waals surface area (Å²) in [5.74, 6) is -0.458. The molecule has 0 aliphatic carbocycles. The molecule has 22 heavy (non-hydrogen) atoms. The molecule has 6 nitrogen and oxygen atoms in total. The molecule has 1 aromatic heterocycles. The summed E-state index contributed by atoms with van der Waals surface area (Å²) in [6, 6.07) is 6.87. The van der Waals surface area contributed by atoms with Gasteiger partial charge in [0.2, 0.25) is 0 Å². The third-order valence-electron chi connectivity index (χ3n) is 2.97. The zero-order chi connectivity index (χ0) is 16.1. The van der Waals surface area contributed by atoms with Crippen molar-refractivity contribution in [3.8, 4) is 5.75 Å². The summed E-state index contributed by atoms with van der Waals surface area (Å²) in [7, 11) is 0. The molecule has 0 unspecified atom stereocenters. The molecule has 0 radical (unpaired) electrons. The normalized spacial score (nSPS) is 10.9. The van der Waals surface area contributed by atoms with Crippen LogP contribution >= 0.6 is 15.9 Å². The van der Waals surface area contributed by atoms with E-state index in [1.807, 2.05) is 6.07 Å². The van der Waals surface area contributed by atoms with Crippen molar-refractivity contribution < 1.29 is 15.0 Å². The van der Waals surface area contributed by atoms with E-state index in [2.05, 4.69) is 31.4 Å². The summed E-state index contributed by atoms with van der Waals surface area (Å²) in [5.41, 5.74) is 3.97. The first kappa shape index (κ1) is 16.1. The number of hydrazone groups is 1. The summed E-state index contributed by atoms with van der Waals surface area (Å²) in [6.45, 7) is 1.34. The Hall–Kier alpha value is -2.25. The van der Waals surface area contributed by atoms with E-state index in [9.17, 15) is 15.0 Å². The summed E-state index contributed by atoms with van der Waals surface area (Å²) < 4.78 is 0.786. The van der Waals surface area contributed by atoms with Gasteiger partial charge in [0.25, 0.3) is 5.91 Å². The number of nitrogens with zero attached hydrogens (tertiary/aromatic N) is 2. The maximum absolute atomic E-state index is 11.9. The molecule has 0 atom stereocenters. The van der Waals surface area contributed by atoms with E-state index in [-0.39, 0.29) is 18.3 Å². The average molecular weight is 364 g/mol. The minimum Gasteiger partial charge on any atom is -0.505 e. The molecule has 2 aromatic rings. The number of pyridine rings is 1. The molecule has 0 saturated heterocycles. The third-order valence-corrected chi connectivity index (χ3v) is 3.47. The Morgan fingerprint density at radius 2 is 2.27 bits per heavy atom. The molecule has 1 aromatic carbocycles. The van der Waals surface area contributed by atoms with Crippen LogP contribution in [-0.2, 0) is 6.61 Å². The molecule has 0 aliphatic heterocycles. The van der Waals surface area contributed by atoms with Crippen molar-refractivity contribution in [3.05, 3.63) is 57.3 Å². The lowest BCUT2D eigenvalue weighted by Crippen LogP contribution is -2.17. The zero-order valence-electron chi connectivity index (χ0n) is 11.7. The van der Waals surface area contributed by atoms with Crippen LogP contribution in [0.2, 0.25) is 0 Å². The number of rotatable bonds is 4. The zero-order valence-corrected chi connectivity index (χ0v) is 13.3. The van der Waals surface area contributed by atoms with Crippen LogP contribution in [0.15, 0.2) is 40.0 Å². The Labute approximate surface area is 135 Å². The highest BCUT2D eigenvalue weighted by molar-refractivity contribution is 9.10. The van der Waals surface area contributed by atoms with E-state index in [1.165, 1.54) is 12.4 Å². The van der Waals surface area contributed by atoms with Gasteiger partial charge in [-0.15, -0.1) is 0 Å². The van der Waals surface area contributed by atoms with Crippen LogP contribution in [0.5, 0.6) is 5.75 Å². The van der Waals surface area contributed by atoms with Crippen LogP contribution in [0.1, 0.15) is 27.2 Å². The SMILES string of the molecule is Cc1ncc(CO)c(/C=N/NC(=O)c2cccc(Br)c2)c1O. The van der Waals surface area contributed by atoms with E-state index >= 15 is 0 Å². The van der Waals surface area contributed by atoms with E-state index in [4.69, 9.17) is 0 Å². The molecule has 0 fully saturated rings. The standard InChI is InChI=1S/C15H14BrN3O3/c1-9-14(21)13(11(8-20)6-17-9)7-18-19-15(22)10-3-2-4-12(16)5-10/h2-7,20-21H,8H2,1H3,(H,19,22)/b18-7+. The quantitative estimate of drug-likeness (QED) is 0.572. The molecule has 7 heteroatoms. The fourth-order valence-electron chi connectivity index (χ4n) is 1.77. The topological polar surface area (TPSA) is 94.8 Å². The molecule has 1 amide bonds. The first-order valence-corrected chi connectivity index (χ1v) is 7.19. The van der Waals surface area contributed by atoms with Gasteiger partial charge in [-0.3, -0.25) is 9.78 Å². The van der Waals surface area contributed by atoms with Gasteiger partial charge in [-0.25, -0.2) is 5.43 Å². The van der Waals surface area contributed by atoms with Gasteiger partial charge >= 0.3 is 0 Å². The molecule has 0 saturated carbocycles. The van der Waals surface area contributed by atoms with Gasteiger partial charge in [0.15, 0.2) is 0 Å². The highest BCUT2D eigenvalue weighted by Gasteiger charge is 2.10. The van der Waals surface area contributed by atoms with Gasteiger partial charge in [0, 0.05) is 27.4 Å². The smallest absolute Gasteiger partial charge is 0.271 e. The van der Waals surface area contributed by atoms with Gasteiger partial charge in [-0.2, -0.15) is 5.10 Å². The van der Waals surface area contributed by atoms with Gasteiger partial charge in [-0.05, 0) is 25.1 Å². The van der Waals surface area contributed by atoms with E-state index in [0.717, 1.165) is 4.47 Å². The first-order valence-electron chi connectivity index (χ1n) is 6.40. The summed E-state index contributed by atoms with van der Waals surface area (Å²) >= 11 is 3.29. The Morgan fingerprint density at radius 1 is 1.50 bits per heavy atom. The number of benzene rings is 1. The number of aliphatic hydroxyl groups excluding tert-OH is 1. The molecule has 3 N–H and O–H groups in total. The van der Waals surface area contributed by atoms with Crippen molar-refractivity contribution in [1.82, 2.24) is 10.4 Å². The monoisotopic (exact) mass is 363 g/mol. The second-order valence-electron chi connectivity index (χ2n) is 4.50. The fourth-order valence-corrected chi connectivity index (χ4v) is 2.17. The van der Waals surface area contributed by atoms with Crippen molar-refractivity contribution in [2.75, 3.05) is 0 Å². The number of carbonyl (C=O) groups is 1. The third kappa shape index (κ3) is 3.69. The summed E-state index contributed by atoms with van der Waals surface area (Å²) in [6.07, 6.45) is 2.73. The number of amides is 1. The van der Waals surface area contributed by atoms with E-state index in [1.54, 1.807) is 25.1 Å². The number of aromatic hydroxyl groups is 1. The Kier molecular flexibility index (Phi) is 5.24. The maximum Gasteiger partial charge on any atom is 0.271 e. The van der Waals surface area contributed by atoms with E-state index in [0.29, 0.717) is 22.4 Å². The predicted octanol–water partition coefficient (Wildman–Crippen LogP) is 2.11. The molecular weight excluding hydrogens is 350 g/mol. The number of nitrogens with one attached hydrogen (secondary N) is 1. The lowest BCUT2D eigenvalue weighted by molar-refractivity contribution is 0.0955. The molecule has 0 bridgehead atoms. The van der Waals surface area contributed by atoms with E-state index < -0.39 is 0 Å². The second kappa shape index (κ2) is 7.15. The number of aliphatic hydroxyl groups is 1. The maximum atomic E-state index is 11.9. The van der Waals surface area contributed by atoms with Gasteiger partial charge < -0.3 is 10.2 Å². The lowest BCUT2D eigenvalue weighted by atomic mass is 10.1. The average Bonchev–Trinajstić information content (AvgIpc) is 2.51. The van der Waals surface area contributed by atoms with Crippen molar-refractivity contribution >= 4 is 28.1 Å². The molecule has 2 rings (SSSR count).